The number of hydrogen-bond donors (Lipinski definition) is 0. The Hall–Kier alpha value is -2.34. The number of rotatable bonds is 5. The molecular formula is C23H28N2O3S. The van der Waals surface area contributed by atoms with Gasteiger partial charge in [0.1, 0.15) is 5.75 Å². The minimum atomic E-state index is 0.125. The molecule has 0 N–H and O–H groups in total. The Morgan fingerprint density at radius 3 is 2.48 bits per heavy atom. The molecule has 1 aromatic heterocycles. The van der Waals surface area contributed by atoms with Crippen LogP contribution in [0.3, 0.4) is 0 Å². The van der Waals surface area contributed by atoms with Crippen LogP contribution >= 0.6 is 11.3 Å². The second kappa shape index (κ2) is 8.99. The fourth-order valence-corrected chi connectivity index (χ4v) is 5.33. The fourth-order valence-electron chi connectivity index (χ4n) is 4.70. The molecular weight excluding hydrogens is 384 g/mol. The van der Waals surface area contributed by atoms with Crippen molar-refractivity contribution < 1.29 is 14.3 Å². The van der Waals surface area contributed by atoms with Crippen LogP contribution in [0.1, 0.15) is 30.1 Å². The molecule has 2 aliphatic rings. The van der Waals surface area contributed by atoms with E-state index in [1.165, 1.54) is 0 Å². The van der Waals surface area contributed by atoms with Gasteiger partial charge in [0.15, 0.2) is 0 Å². The fraction of sp³-hybridized carbons (Fsp3) is 0.478. The van der Waals surface area contributed by atoms with Crippen molar-refractivity contribution in [2.75, 3.05) is 32.8 Å². The Kier molecular flexibility index (Phi) is 6.19. The molecule has 0 radical (unpaired) electrons. The lowest BCUT2D eigenvalue weighted by atomic mass is 9.78. The molecule has 2 saturated heterocycles. The monoisotopic (exact) mass is 412 g/mol. The largest absolute Gasteiger partial charge is 0.493 e. The quantitative estimate of drug-likeness (QED) is 0.751. The Bertz CT molecular complexity index is 816. The Labute approximate surface area is 176 Å². The van der Waals surface area contributed by atoms with Crippen LogP contribution in [-0.2, 0) is 4.79 Å². The van der Waals surface area contributed by atoms with Crippen LogP contribution in [-0.4, -0.2) is 54.4 Å². The molecule has 2 atom stereocenters. The zero-order chi connectivity index (χ0) is 20.2. The van der Waals surface area contributed by atoms with E-state index < -0.39 is 0 Å². The highest BCUT2D eigenvalue weighted by atomic mass is 32.1. The van der Waals surface area contributed by atoms with Gasteiger partial charge in [0.25, 0.3) is 5.91 Å². The lowest BCUT2D eigenvalue weighted by Gasteiger charge is -2.36. The molecule has 1 aromatic carbocycles. The summed E-state index contributed by atoms with van der Waals surface area (Å²) in [5.41, 5.74) is 0.782. The third-order valence-electron chi connectivity index (χ3n) is 6.34. The van der Waals surface area contributed by atoms with Crippen molar-refractivity contribution in [2.24, 2.45) is 17.8 Å². The summed E-state index contributed by atoms with van der Waals surface area (Å²) >= 11 is 1.56. The molecule has 5 nitrogen and oxygen atoms in total. The number of thiophene rings is 1. The maximum absolute atomic E-state index is 12.9. The van der Waals surface area contributed by atoms with E-state index in [1.807, 2.05) is 57.0 Å². The van der Waals surface area contributed by atoms with Gasteiger partial charge in [-0.2, -0.15) is 11.3 Å². The van der Waals surface area contributed by atoms with Gasteiger partial charge in [-0.05, 0) is 48.3 Å². The molecule has 2 fully saturated rings. The number of hydrogen-bond acceptors (Lipinski definition) is 4. The lowest BCUT2D eigenvalue weighted by molar-refractivity contribution is -0.130. The Morgan fingerprint density at radius 1 is 1.07 bits per heavy atom. The average molecular weight is 413 g/mol. The van der Waals surface area contributed by atoms with Crippen LogP contribution in [0.2, 0.25) is 0 Å². The van der Waals surface area contributed by atoms with E-state index in [2.05, 4.69) is 0 Å². The number of likely N-dealkylation sites (tertiary alicyclic amines) is 2. The molecule has 0 spiro atoms. The van der Waals surface area contributed by atoms with Gasteiger partial charge >= 0.3 is 0 Å². The smallest absolute Gasteiger partial charge is 0.254 e. The maximum Gasteiger partial charge on any atom is 0.254 e. The first-order valence-corrected chi connectivity index (χ1v) is 11.3. The Balaban J connectivity index is 1.45. The molecule has 29 heavy (non-hydrogen) atoms. The van der Waals surface area contributed by atoms with E-state index in [0.717, 1.165) is 50.3 Å². The summed E-state index contributed by atoms with van der Waals surface area (Å²) in [6.45, 7) is 5.42. The van der Waals surface area contributed by atoms with Crippen LogP contribution < -0.4 is 4.74 Å². The second-order valence-electron chi connectivity index (χ2n) is 8.11. The number of piperidine rings is 1. The number of nitrogens with zero attached hydrogens (tertiary/aromatic N) is 2. The van der Waals surface area contributed by atoms with Crippen LogP contribution in [0, 0.1) is 17.8 Å². The molecule has 4 rings (SSSR count). The zero-order valence-corrected chi connectivity index (χ0v) is 17.6. The van der Waals surface area contributed by atoms with Gasteiger partial charge in [-0.1, -0.05) is 18.2 Å². The van der Waals surface area contributed by atoms with Gasteiger partial charge in [-0.3, -0.25) is 9.59 Å². The molecule has 2 aromatic rings. The molecule has 2 amide bonds. The van der Waals surface area contributed by atoms with Crippen molar-refractivity contribution in [3.8, 4) is 5.75 Å². The van der Waals surface area contributed by atoms with Crippen molar-refractivity contribution in [1.29, 1.82) is 0 Å². The van der Waals surface area contributed by atoms with E-state index in [4.69, 9.17) is 4.74 Å². The number of para-hydroxylation sites is 1. The highest BCUT2D eigenvalue weighted by molar-refractivity contribution is 7.08. The molecule has 154 valence electrons. The van der Waals surface area contributed by atoms with Crippen molar-refractivity contribution >= 4 is 23.2 Å². The third-order valence-corrected chi connectivity index (χ3v) is 7.03. The Morgan fingerprint density at radius 2 is 1.83 bits per heavy atom. The first-order chi connectivity index (χ1) is 14.1. The second-order valence-corrected chi connectivity index (χ2v) is 8.89. The molecule has 0 saturated carbocycles. The number of ether oxygens (including phenoxy) is 1. The van der Waals surface area contributed by atoms with Gasteiger partial charge in [-0.15, -0.1) is 0 Å². The first-order valence-electron chi connectivity index (χ1n) is 10.4. The number of carbonyl (C=O) groups is 2. The molecule has 2 aliphatic heterocycles. The SMILES string of the molecule is CC(=O)N1CCC([C@@H]2CN(C(=O)c3ccsc3)C[C@H]2COc2ccccc2)CC1. The molecule has 0 aliphatic carbocycles. The zero-order valence-electron chi connectivity index (χ0n) is 16.8. The van der Waals surface area contributed by atoms with Crippen molar-refractivity contribution in [3.63, 3.8) is 0 Å². The van der Waals surface area contributed by atoms with E-state index in [-0.39, 0.29) is 11.8 Å². The summed E-state index contributed by atoms with van der Waals surface area (Å²) in [4.78, 5) is 28.6. The highest BCUT2D eigenvalue weighted by Crippen LogP contribution is 2.37. The molecule has 3 heterocycles. The van der Waals surface area contributed by atoms with Gasteiger partial charge in [0.2, 0.25) is 5.91 Å². The van der Waals surface area contributed by atoms with Crippen molar-refractivity contribution in [2.45, 2.75) is 19.8 Å². The highest BCUT2D eigenvalue weighted by Gasteiger charge is 2.41. The van der Waals surface area contributed by atoms with Crippen LogP contribution in [0.15, 0.2) is 47.2 Å². The summed E-state index contributed by atoms with van der Waals surface area (Å²) in [6.07, 6.45) is 2.01. The van der Waals surface area contributed by atoms with E-state index in [0.29, 0.717) is 24.4 Å². The predicted octanol–water partition coefficient (Wildman–Crippen LogP) is 3.77. The van der Waals surface area contributed by atoms with Crippen LogP contribution in [0.4, 0.5) is 0 Å². The first kappa shape index (κ1) is 20.0. The van der Waals surface area contributed by atoms with E-state index in [1.54, 1.807) is 18.3 Å². The number of carbonyl (C=O) groups excluding carboxylic acids is 2. The minimum Gasteiger partial charge on any atom is -0.493 e. The topological polar surface area (TPSA) is 49.9 Å². The molecule has 6 heteroatoms. The summed E-state index contributed by atoms with van der Waals surface area (Å²) in [6, 6.07) is 11.8. The summed E-state index contributed by atoms with van der Waals surface area (Å²) in [7, 11) is 0. The van der Waals surface area contributed by atoms with Gasteiger partial charge < -0.3 is 14.5 Å². The van der Waals surface area contributed by atoms with Gasteiger partial charge in [-0.25, -0.2) is 0 Å². The average Bonchev–Trinajstić information content (AvgIpc) is 3.43. The predicted molar refractivity (Wildman–Crippen MR) is 114 cm³/mol. The summed E-state index contributed by atoms with van der Waals surface area (Å²) in [5.74, 6) is 2.41. The molecule has 0 unspecified atom stereocenters. The van der Waals surface area contributed by atoms with Crippen molar-refractivity contribution in [3.05, 3.63) is 52.7 Å². The molecule has 0 bridgehead atoms. The van der Waals surface area contributed by atoms with E-state index in [9.17, 15) is 9.59 Å². The number of benzene rings is 1. The standard InChI is InChI=1S/C23H28N2O3S/c1-17(26)24-10-7-18(8-11-24)22-14-25(23(27)19-9-12-29-16-19)13-20(22)15-28-21-5-3-2-4-6-21/h2-6,9,12,16,18,20,22H,7-8,10-11,13-15H2,1H3/t20-,22-/m0/s1. The van der Waals surface area contributed by atoms with Gasteiger partial charge in [0, 0.05) is 44.4 Å². The van der Waals surface area contributed by atoms with Crippen LogP contribution in [0.5, 0.6) is 5.75 Å². The third kappa shape index (κ3) is 4.64. The minimum absolute atomic E-state index is 0.125. The maximum atomic E-state index is 12.9. The normalized spacial score (nSPS) is 22.7. The summed E-state index contributed by atoms with van der Waals surface area (Å²) in [5, 5.41) is 3.88. The lowest BCUT2D eigenvalue weighted by Crippen LogP contribution is -2.40. The van der Waals surface area contributed by atoms with E-state index >= 15 is 0 Å². The van der Waals surface area contributed by atoms with Gasteiger partial charge in [0.05, 0.1) is 12.2 Å². The number of amides is 2. The van der Waals surface area contributed by atoms with Crippen LogP contribution in [0.25, 0.3) is 0 Å². The summed E-state index contributed by atoms with van der Waals surface area (Å²) < 4.78 is 6.09. The van der Waals surface area contributed by atoms with Crippen molar-refractivity contribution in [1.82, 2.24) is 9.80 Å².